The van der Waals surface area contributed by atoms with Crippen molar-refractivity contribution in [3.63, 3.8) is 0 Å². The molecule has 19 nitrogen and oxygen atoms in total. The Hall–Kier alpha value is -6.74. The van der Waals surface area contributed by atoms with Gasteiger partial charge in [-0.2, -0.15) is 0 Å². The van der Waals surface area contributed by atoms with Crippen LogP contribution in [0.1, 0.15) is 106 Å². The van der Waals surface area contributed by atoms with Gasteiger partial charge in [0.1, 0.15) is 54.3 Å². The molecule has 1 saturated heterocycles. The molecule has 0 spiro atoms. The molecule has 0 aromatic heterocycles. The number of carbonyl (C=O) groups excluding carboxylic acids is 6. The molecule has 3 aliphatic carbocycles. The van der Waals surface area contributed by atoms with Crippen LogP contribution in [0.25, 0.3) is 11.1 Å². The first-order valence-electron chi connectivity index (χ1n) is 23.0. The van der Waals surface area contributed by atoms with E-state index in [1.807, 2.05) is 48.5 Å². The molecule has 4 aromatic carbocycles. The van der Waals surface area contributed by atoms with Crippen molar-refractivity contribution in [2.75, 3.05) is 26.9 Å². The Morgan fingerprint density at radius 2 is 1.47 bits per heavy atom. The number of methoxy groups -OCH3 is 1. The van der Waals surface area contributed by atoms with Gasteiger partial charge in [-0.25, -0.2) is 4.79 Å². The van der Waals surface area contributed by atoms with Crippen LogP contribution in [-0.2, 0) is 35.0 Å². The Balaban J connectivity index is 0.981. The number of Topliss-reactive ketones (excluding diaryl/α,β-unsaturated/α-hetero) is 1. The second kappa shape index (κ2) is 19.9. The van der Waals surface area contributed by atoms with Gasteiger partial charge in [0, 0.05) is 41.9 Å². The summed E-state index contributed by atoms with van der Waals surface area (Å²) in [6.45, 7) is 3.05. The molecular weight excluding hydrogens is 911 g/mol. The van der Waals surface area contributed by atoms with Crippen molar-refractivity contribution in [1.29, 1.82) is 0 Å². The average molecular weight is 966 g/mol. The van der Waals surface area contributed by atoms with Crippen LogP contribution in [0.15, 0.2) is 66.7 Å². The van der Waals surface area contributed by atoms with Crippen molar-refractivity contribution >= 4 is 35.3 Å². The maximum atomic E-state index is 14.1. The topological polar surface area (TPSA) is 297 Å². The fourth-order valence-electron chi connectivity index (χ4n) is 10.1. The highest BCUT2D eigenvalue weighted by Gasteiger charge is 2.50. The van der Waals surface area contributed by atoms with Gasteiger partial charge in [0.25, 0.3) is 0 Å². The van der Waals surface area contributed by atoms with Crippen LogP contribution in [0.2, 0.25) is 0 Å². The molecule has 70 heavy (non-hydrogen) atoms. The number of aromatic hydroxyl groups is 2. The van der Waals surface area contributed by atoms with E-state index in [-0.39, 0.29) is 59.3 Å². The van der Waals surface area contributed by atoms with Gasteiger partial charge in [-0.1, -0.05) is 74.5 Å². The zero-order valence-electron chi connectivity index (χ0n) is 38.8. The number of aliphatic hydroxyl groups excluding tert-OH is 3. The van der Waals surface area contributed by atoms with E-state index < -0.39 is 132 Å². The van der Waals surface area contributed by atoms with E-state index in [0.29, 0.717) is 0 Å². The molecule has 8 rings (SSSR count). The maximum absolute atomic E-state index is 14.1. The second-order valence-corrected chi connectivity index (χ2v) is 18.5. The minimum Gasteiger partial charge on any atom is -0.507 e. The number of hydrogen-bond acceptors (Lipinski definition) is 16. The monoisotopic (exact) mass is 965 g/mol. The number of nitrogens with one attached hydrogen (secondary N) is 3. The smallest absolute Gasteiger partial charge is 0.407 e. The summed E-state index contributed by atoms with van der Waals surface area (Å²) in [6, 6.07) is 15.8. The largest absolute Gasteiger partial charge is 0.507 e. The highest BCUT2D eigenvalue weighted by molar-refractivity contribution is 6.31. The summed E-state index contributed by atoms with van der Waals surface area (Å²) in [5, 5.41) is 74.5. The van der Waals surface area contributed by atoms with E-state index in [0.717, 1.165) is 22.3 Å². The fourth-order valence-corrected chi connectivity index (χ4v) is 10.1. The Kier molecular flexibility index (Phi) is 14.1. The number of ketones is 3. The van der Waals surface area contributed by atoms with E-state index in [4.69, 9.17) is 18.9 Å². The van der Waals surface area contributed by atoms with Crippen molar-refractivity contribution in [1.82, 2.24) is 16.0 Å². The minimum absolute atomic E-state index is 0.0266. The van der Waals surface area contributed by atoms with E-state index in [1.54, 1.807) is 13.8 Å². The van der Waals surface area contributed by atoms with Gasteiger partial charge < -0.3 is 65.5 Å². The van der Waals surface area contributed by atoms with Crippen LogP contribution < -0.4 is 20.7 Å². The van der Waals surface area contributed by atoms with Crippen molar-refractivity contribution in [3.8, 4) is 28.4 Å². The third kappa shape index (κ3) is 9.11. The summed E-state index contributed by atoms with van der Waals surface area (Å²) in [7, 11) is 1.29. The summed E-state index contributed by atoms with van der Waals surface area (Å²) in [5.41, 5.74) is -0.425. The van der Waals surface area contributed by atoms with Crippen molar-refractivity contribution in [2.45, 2.75) is 101 Å². The zero-order chi connectivity index (χ0) is 50.3. The lowest BCUT2D eigenvalue weighted by Gasteiger charge is -2.43. The molecule has 8 atom stereocenters. The first kappa shape index (κ1) is 49.7. The molecule has 0 radical (unpaired) electrons. The number of fused-ring (bicyclic) bond motifs is 6. The first-order chi connectivity index (χ1) is 33.4. The lowest BCUT2D eigenvalue weighted by molar-refractivity contribution is -0.249. The molecule has 3 amide bonds. The lowest BCUT2D eigenvalue weighted by Crippen LogP contribution is -2.60. The number of carbonyl (C=O) groups is 6. The summed E-state index contributed by atoms with van der Waals surface area (Å²) >= 11 is 0. The molecule has 370 valence electrons. The number of aliphatic hydroxyl groups is 4. The number of benzene rings is 4. The average Bonchev–Trinajstić information content (AvgIpc) is 3.66. The van der Waals surface area contributed by atoms with Crippen LogP contribution >= 0.6 is 0 Å². The number of ether oxygens (including phenoxy) is 4. The molecule has 4 aromatic rings. The molecule has 19 heteroatoms. The SMILES string of the molecule is COc1cccc2c1C(=O)c1c(O)c3c(c(O)c1C2=O)C[C@@](O)(C(=O)CO)C[C@@H]3O[C@H]1C[C@H](NC(=O)[C@H](CC(C)C)NC(=O)[C@H](CO)NC(=O)OCC2c3ccccc3-c3ccccc32)[C@H](O)[C@H](C)O1. The molecule has 1 aliphatic heterocycles. The number of rotatable bonds is 15. The molecule has 0 bridgehead atoms. The van der Waals surface area contributed by atoms with Gasteiger partial charge >= 0.3 is 6.09 Å². The van der Waals surface area contributed by atoms with Crippen LogP contribution in [0.5, 0.6) is 17.2 Å². The van der Waals surface area contributed by atoms with Crippen molar-refractivity contribution < 1.29 is 78.4 Å². The minimum atomic E-state index is -2.42. The molecule has 4 aliphatic rings. The van der Waals surface area contributed by atoms with Crippen LogP contribution in [0, 0.1) is 5.92 Å². The van der Waals surface area contributed by atoms with Gasteiger partial charge in [-0.15, -0.1) is 0 Å². The van der Waals surface area contributed by atoms with E-state index >= 15 is 0 Å². The van der Waals surface area contributed by atoms with E-state index in [1.165, 1.54) is 32.2 Å². The Bertz CT molecular complexity index is 2710. The maximum Gasteiger partial charge on any atom is 0.407 e. The van der Waals surface area contributed by atoms with Crippen LogP contribution in [0.3, 0.4) is 0 Å². The summed E-state index contributed by atoms with van der Waals surface area (Å²) < 4.78 is 23.2. The third-order valence-electron chi connectivity index (χ3n) is 13.6. The highest BCUT2D eigenvalue weighted by Crippen LogP contribution is 2.53. The van der Waals surface area contributed by atoms with Crippen LogP contribution in [-0.4, -0.2) is 135 Å². The standard InChI is InChI=1S/C51H55N3O16/c1-23(2)16-33(53-49(64)34(20-55)54-50(65)68-22-31-27-12-7-5-10-25(27)26-11-6-8-13-28(26)31)48(63)52-32-17-38(69-24(3)43(32)58)70-36-19-51(66,37(57)21-56)18-30-40(36)47(62)42-41(45(30)60)44(59)29-14-9-15-35(67-4)39(29)46(42)61/h5-15,23-24,31-34,36,38,43,55-56,58,60,62,66H,16-22H2,1-4H3,(H,52,63)(H,53,64)(H,54,65)/t24-,32-,33-,34-,36-,38-,43+,51-/m0/s1. The fraction of sp³-hybridized carbons (Fsp3) is 0.412. The zero-order valence-corrected chi connectivity index (χ0v) is 38.8. The number of alkyl carbamates (subject to hydrolysis) is 1. The quantitative estimate of drug-likeness (QED) is 0.0682. The number of phenolic OH excluding ortho intramolecular Hbond substituents is 2. The summed E-state index contributed by atoms with van der Waals surface area (Å²) in [4.78, 5) is 81.9. The Morgan fingerprint density at radius 1 is 0.829 bits per heavy atom. The van der Waals surface area contributed by atoms with E-state index in [9.17, 15) is 59.4 Å². The molecule has 0 unspecified atom stereocenters. The number of hydrogen-bond donors (Lipinski definition) is 9. The van der Waals surface area contributed by atoms with Gasteiger partial charge in [0.2, 0.25) is 17.6 Å². The first-order valence-corrected chi connectivity index (χ1v) is 23.0. The summed E-state index contributed by atoms with van der Waals surface area (Å²) in [6.07, 6.45) is -7.91. The normalized spacial score (nSPS) is 23.2. The molecule has 9 N–H and O–H groups in total. The van der Waals surface area contributed by atoms with Gasteiger partial charge in [-0.05, 0) is 47.6 Å². The molecule has 0 saturated carbocycles. The number of phenols is 2. The Labute approximate surface area is 401 Å². The molecule has 1 heterocycles. The summed E-state index contributed by atoms with van der Waals surface area (Å²) in [5.74, 6) is -6.43. The number of amides is 3. The third-order valence-corrected chi connectivity index (χ3v) is 13.6. The van der Waals surface area contributed by atoms with Crippen molar-refractivity contribution in [2.24, 2.45) is 5.92 Å². The lowest BCUT2D eigenvalue weighted by atomic mass is 9.72. The predicted molar refractivity (Wildman–Crippen MR) is 246 cm³/mol. The molecular formula is C51H55N3O16. The van der Waals surface area contributed by atoms with Crippen LogP contribution in [0.4, 0.5) is 4.79 Å². The van der Waals surface area contributed by atoms with Gasteiger partial charge in [0.15, 0.2) is 17.9 Å². The van der Waals surface area contributed by atoms with E-state index in [2.05, 4.69) is 16.0 Å². The second-order valence-electron chi connectivity index (χ2n) is 18.5. The predicted octanol–water partition coefficient (Wildman–Crippen LogP) is 2.59. The Morgan fingerprint density at radius 3 is 2.10 bits per heavy atom. The highest BCUT2D eigenvalue weighted by atomic mass is 16.7. The molecule has 1 fully saturated rings. The van der Waals surface area contributed by atoms with Crippen molar-refractivity contribution in [3.05, 3.63) is 111 Å². The van der Waals surface area contributed by atoms with Gasteiger partial charge in [0.05, 0.1) is 48.7 Å². The van der Waals surface area contributed by atoms with Gasteiger partial charge in [-0.3, -0.25) is 24.0 Å².